The molecule has 1 amide bonds. The fourth-order valence-electron chi connectivity index (χ4n) is 2.32. The number of hydrogen-bond acceptors (Lipinski definition) is 5. The van der Waals surface area contributed by atoms with Gasteiger partial charge in [0.25, 0.3) is 0 Å². The predicted octanol–water partition coefficient (Wildman–Crippen LogP) is 2.58. The van der Waals surface area contributed by atoms with Crippen molar-refractivity contribution in [2.75, 3.05) is 29.2 Å². The van der Waals surface area contributed by atoms with Gasteiger partial charge in [0.05, 0.1) is 17.6 Å². The van der Waals surface area contributed by atoms with Gasteiger partial charge in [-0.15, -0.1) is 0 Å². The van der Waals surface area contributed by atoms with E-state index in [0.29, 0.717) is 27.3 Å². The van der Waals surface area contributed by atoms with Crippen LogP contribution in [0.3, 0.4) is 0 Å². The number of para-hydroxylation sites is 1. The first-order valence-corrected chi connectivity index (χ1v) is 9.90. The maximum absolute atomic E-state index is 12.3. The number of carbonyl (C=O) groups excluding carboxylic acids is 1. The Balaban J connectivity index is 1.82. The summed E-state index contributed by atoms with van der Waals surface area (Å²) in [6.45, 7) is -0.278. The van der Waals surface area contributed by atoms with E-state index in [4.69, 9.17) is 9.47 Å². The quantitative estimate of drug-likeness (QED) is 0.793. The molecule has 0 aromatic heterocycles. The van der Waals surface area contributed by atoms with Gasteiger partial charge in [-0.3, -0.25) is 9.10 Å². The number of rotatable bonds is 5. The number of ether oxygens (including phenoxy) is 2. The van der Waals surface area contributed by atoms with Crippen molar-refractivity contribution in [2.45, 2.75) is 0 Å². The Morgan fingerprint density at radius 2 is 1.92 bits per heavy atom. The Bertz CT molecular complexity index is 916. The van der Waals surface area contributed by atoms with Crippen molar-refractivity contribution in [3.8, 4) is 11.5 Å². The van der Waals surface area contributed by atoms with Gasteiger partial charge in [-0.05, 0) is 40.2 Å². The first kappa shape index (κ1) is 17.6. The van der Waals surface area contributed by atoms with Crippen molar-refractivity contribution in [1.82, 2.24) is 0 Å². The van der Waals surface area contributed by atoms with Crippen LogP contribution in [0.1, 0.15) is 0 Å². The molecule has 25 heavy (non-hydrogen) atoms. The molecule has 132 valence electrons. The topological polar surface area (TPSA) is 84.9 Å². The van der Waals surface area contributed by atoms with E-state index in [1.165, 1.54) is 6.07 Å². The van der Waals surface area contributed by atoms with Crippen LogP contribution in [0.4, 0.5) is 11.4 Å². The van der Waals surface area contributed by atoms with Crippen molar-refractivity contribution in [1.29, 1.82) is 0 Å². The maximum atomic E-state index is 12.3. The summed E-state index contributed by atoms with van der Waals surface area (Å²) in [5, 5.41) is 2.69. The van der Waals surface area contributed by atoms with Crippen LogP contribution in [0.25, 0.3) is 0 Å². The molecule has 0 saturated carbocycles. The minimum Gasteiger partial charge on any atom is -0.454 e. The Morgan fingerprint density at radius 1 is 1.20 bits per heavy atom. The van der Waals surface area contributed by atoms with Gasteiger partial charge in [0.15, 0.2) is 11.5 Å². The molecule has 0 spiro atoms. The molecule has 1 heterocycles. The van der Waals surface area contributed by atoms with E-state index in [0.717, 1.165) is 10.6 Å². The molecule has 0 fully saturated rings. The Labute approximate surface area is 153 Å². The average molecular weight is 427 g/mol. The molecule has 2 aromatic carbocycles. The molecular formula is C16H15BrN2O5S. The van der Waals surface area contributed by atoms with Crippen LogP contribution in [0, 0.1) is 0 Å². The highest BCUT2D eigenvalue weighted by molar-refractivity contribution is 9.10. The molecule has 0 aliphatic carbocycles. The van der Waals surface area contributed by atoms with Crippen LogP contribution in [-0.4, -0.2) is 33.9 Å². The first-order valence-electron chi connectivity index (χ1n) is 7.26. The zero-order chi connectivity index (χ0) is 18.0. The van der Waals surface area contributed by atoms with Gasteiger partial charge in [-0.25, -0.2) is 8.42 Å². The summed E-state index contributed by atoms with van der Waals surface area (Å²) in [7, 11) is -3.67. The van der Waals surface area contributed by atoms with Gasteiger partial charge in [-0.1, -0.05) is 12.1 Å². The van der Waals surface area contributed by atoms with Gasteiger partial charge < -0.3 is 14.8 Å². The summed E-state index contributed by atoms with van der Waals surface area (Å²) in [5.41, 5.74) is 0.890. The van der Waals surface area contributed by atoms with Crippen molar-refractivity contribution in [2.24, 2.45) is 0 Å². The molecule has 1 aliphatic heterocycles. The number of halogens is 1. The third kappa shape index (κ3) is 4.05. The summed E-state index contributed by atoms with van der Waals surface area (Å²) in [5.74, 6) is 0.516. The fourth-order valence-corrected chi connectivity index (χ4v) is 3.56. The molecule has 2 aromatic rings. The molecule has 3 rings (SSSR count). The van der Waals surface area contributed by atoms with E-state index < -0.39 is 15.9 Å². The second-order valence-electron chi connectivity index (χ2n) is 5.34. The van der Waals surface area contributed by atoms with Crippen LogP contribution >= 0.6 is 15.9 Å². The van der Waals surface area contributed by atoms with E-state index in [9.17, 15) is 13.2 Å². The van der Waals surface area contributed by atoms with Crippen molar-refractivity contribution in [3.63, 3.8) is 0 Å². The van der Waals surface area contributed by atoms with E-state index in [1.54, 1.807) is 30.3 Å². The zero-order valence-corrected chi connectivity index (χ0v) is 15.6. The highest BCUT2D eigenvalue weighted by Gasteiger charge is 2.24. The van der Waals surface area contributed by atoms with Gasteiger partial charge >= 0.3 is 0 Å². The van der Waals surface area contributed by atoms with Gasteiger partial charge in [0.2, 0.25) is 22.7 Å². The molecule has 1 N–H and O–H groups in total. The maximum Gasteiger partial charge on any atom is 0.245 e. The summed E-state index contributed by atoms with van der Waals surface area (Å²) < 4.78 is 36.5. The second-order valence-corrected chi connectivity index (χ2v) is 8.10. The molecule has 0 atom stereocenters. The second kappa shape index (κ2) is 6.93. The number of hydrogen-bond donors (Lipinski definition) is 1. The number of fused-ring (bicyclic) bond motifs is 1. The van der Waals surface area contributed by atoms with Crippen molar-refractivity contribution in [3.05, 3.63) is 46.9 Å². The fraction of sp³-hybridized carbons (Fsp3) is 0.188. The van der Waals surface area contributed by atoms with E-state index >= 15 is 0 Å². The number of carbonyl (C=O) groups is 1. The lowest BCUT2D eigenvalue weighted by molar-refractivity contribution is -0.114. The van der Waals surface area contributed by atoms with Gasteiger partial charge in [-0.2, -0.15) is 0 Å². The largest absolute Gasteiger partial charge is 0.454 e. The molecule has 0 bridgehead atoms. The third-order valence-corrected chi connectivity index (χ3v) is 5.31. The van der Waals surface area contributed by atoms with Crippen LogP contribution in [0.5, 0.6) is 11.5 Å². The Morgan fingerprint density at radius 3 is 2.64 bits per heavy atom. The van der Waals surface area contributed by atoms with E-state index in [2.05, 4.69) is 21.2 Å². The minimum absolute atomic E-state index is 0.0835. The van der Waals surface area contributed by atoms with Crippen molar-refractivity contribution >= 4 is 43.2 Å². The number of benzene rings is 2. The molecular weight excluding hydrogens is 412 g/mol. The zero-order valence-electron chi connectivity index (χ0n) is 13.2. The van der Waals surface area contributed by atoms with Crippen LogP contribution in [0.15, 0.2) is 46.9 Å². The summed E-state index contributed by atoms with van der Waals surface area (Å²) >= 11 is 3.33. The third-order valence-electron chi connectivity index (χ3n) is 3.48. The first-order chi connectivity index (χ1) is 11.8. The number of sulfonamides is 1. The normalized spacial score (nSPS) is 12.7. The number of amides is 1. The van der Waals surface area contributed by atoms with E-state index in [1.807, 2.05) is 6.07 Å². The number of nitrogens with one attached hydrogen (secondary N) is 1. The predicted molar refractivity (Wildman–Crippen MR) is 97.5 cm³/mol. The SMILES string of the molecule is CS(=O)(=O)N(CC(=O)Nc1ccccc1Br)c1ccc2c(c1)OCO2. The van der Waals surface area contributed by atoms with Crippen LogP contribution in [0.2, 0.25) is 0 Å². The Hall–Kier alpha value is -2.26. The number of anilines is 2. The lowest BCUT2D eigenvalue weighted by atomic mass is 10.2. The molecule has 0 unspecified atom stereocenters. The van der Waals surface area contributed by atoms with Crippen LogP contribution < -0.4 is 19.1 Å². The molecule has 1 aliphatic rings. The molecule has 9 heteroatoms. The van der Waals surface area contributed by atoms with Crippen molar-refractivity contribution < 1.29 is 22.7 Å². The molecule has 0 saturated heterocycles. The lowest BCUT2D eigenvalue weighted by Crippen LogP contribution is -2.37. The summed E-state index contributed by atoms with van der Waals surface area (Å²) in [4.78, 5) is 12.3. The lowest BCUT2D eigenvalue weighted by Gasteiger charge is -2.22. The number of nitrogens with zero attached hydrogens (tertiary/aromatic N) is 1. The van der Waals surface area contributed by atoms with Gasteiger partial charge in [0, 0.05) is 10.5 Å². The highest BCUT2D eigenvalue weighted by atomic mass is 79.9. The Kier molecular flexibility index (Phi) is 4.87. The highest BCUT2D eigenvalue weighted by Crippen LogP contribution is 2.36. The molecule has 0 radical (unpaired) electrons. The smallest absolute Gasteiger partial charge is 0.245 e. The molecule has 7 nitrogen and oxygen atoms in total. The monoisotopic (exact) mass is 426 g/mol. The summed E-state index contributed by atoms with van der Waals surface area (Å²) in [6.07, 6.45) is 1.04. The average Bonchev–Trinajstić information content (AvgIpc) is 3.01. The minimum atomic E-state index is -3.67. The van der Waals surface area contributed by atoms with Gasteiger partial charge in [0.1, 0.15) is 6.54 Å². The van der Waals surface area contributed by atoms with E-state index in [-0.39, 0.29) is 13.3 Å². The summed E-state index contributed by atoms with van der Waals surface area (Å²) in [6, 6.07) is 11.8. The standard InChI is InChI=1S/C16H15BrN2O5S/c1-25(21,22)19(11-6-7-14-15(8-11)24-10-23-14)9-16(20)18-13-5-3-2-4-12(13)17/h2-8H,9-10H2,1H3,(H,18,20). The van der Waals surface area contributed by atoms with Crippen LogP contribution in [-0.2, 0) is 14.8 Å².